The highest BCUT2D eigenvalue weighted by Crippen LogP contribution is 2.29. The van der Waals surface area contributed by atoms with Gasteiger partial charge in [0.1, 0.15) is 5.82 Å². The molecule has 0 amide bonds. The Morgan fingerprint density at radius 1 is 0.826 bits per heavy atom. The van der Waals surface area contributed by atoms with Gasteiger partial charge in [-0.15, -0.1) is 0 Å². The van der Waals surface area contributed by atoms with Crippen molar-refractivity contribution in [2.24, 2.45) is 0 Å². The lowest BCUT2D eigenvalue weighted by Gasteiger charge is -2.10. The summed E-state index contributed by atoms with van der Waals surface area (Å²) in [5.74, 6) is 0.961. The molecule has 0 fully saturated rings. The number of aryl methyl sites for hydroxylation is 1. The first-order valence-corrected chi connectivity index (χ1v) is 8.32. The zero-order chi connectivity index (χ0) is 15.8. The minimum atomic E-state index is 0.961. The monoisotopic (exact) mass is 362 g/mol. The van der Waals surface area contributed by atoms with Gasteiger partial charge in [0.05, 0.1) is 11.0 Å². The molecule has 0 saturated heterocycles. The molecule has 23 heavy (non-hydrogen) atoms. The van der Waals surface area contributed by atoms with Crippen LogP contribution in [0.5, 0.6) is 0 Å². The Morgan fingerprint density at radius 2 is 1.52 bits per heavy atom. The first-order chi connectivity index (χ1) is 11.2. The molecule has 0 saturated carbocycles. The molecule has 0 aliphatic heterocycles. The highest BCUT2D eigenvalue weighted by molar-refractivity contribution is 9.10. The van der Waals surface area contributed by atoms with E-state index >= 15 is 0 Å². The fraction of sp³-hybridized carbons (Fsp3) is 0.0500. The summed E-state index contributed by atoms with van der Waals surface area (Å²) in [6.45, 7) is 2.10. The predicted molar refractivity (Wildman–Crippen MR) is 98.9 cm³/mol. The third kappa shape index (κ3) is 2.57. The van der Waals surface area contributed by atoms with Crippen LogP contribution >= 0.6 is 15.9 Å². The molecule has 0 spiro atoms. The van der Waals surface area contributed by atoms with Gasteiger partial charge in [0.15, 0.2) is 0 Å². The van der Waals surface area contributed by atoms with Crippen molar-refractivity contribution in [2.75, 3.05) is 0 Å². The van der Waals surface area contributed by atoms with E-state index in [4.69, 9.17) is 4.98 Å². The van der Waals surface area contributed by atoms with Crippen LogP contribution in [0.25, 0.3) is 28.1 Å². The van der Waals surface area contributed by atoms with Gasteiger partial charge >= 0.3 is 0 Å². The van der Waals surface area contributed by atoms with Gasteiger partial charge in [-0.05, 0) is 43.3 Å². The van der Waals surface area contributed by atoms with Crippen molar-refractivity contribution < 1.29 is 0 Å². The number of hydrogen-bond acceptors (Lipinski definition) is 1. The summed E-state index contributed by atoms with van der Waals surface area (Å²) < 4.78 is 3.29. The maximum absolute atomic E-state index is 4.86. The highest BCUT2D eigenvalue weighted by atomic mass is 79.9. The number of hydrogen-bond donors (Lipinski definition) is 0. The maximum atomic E-state index is 4.86. The normalized spacial score (nSPS) is 11.0. The van der Waals surface area contributed by atoms with Crippen LogP contribution in [0.3, 0.4) is 0 Å². The van der Waals surface area contributed by atoms with Crippen molar-refractivity contribution in [3.63, 3.8) is 0 Å². The minimum absolute atomic E-state index is 0.961. The fourth-order valence-corrected chi connectivity index (χ4v) is 3.04. The average molecular weight is 363 g/mol. The Hall–Kier alpha value is -2.39. The lowest BCUT2D eigenvalue weighted by molar-refractivity contribution is 1.10. The van der Waals surface area contributed by atoms with Crippen molar-refractivity contribution in [1.82, 2.24) is 9.55 Å². The van der Waals surface area contributed by atoms with E-state index in [0.717, 1.165) is 32.6 Å². The van der Waals surface area contributed by atoms with E-state index in [2.05, 4.69) is 82.0 Å². The second kappa shape index (κ2) is 5.67. The first-order valence-electron chi connectivity index (χ1n) is 7.53. The molecule has 1 heterocycles. The number of fused-ring (bicyclic) bond motifs is 1. The third-order valence-corrected chi connectivity index (χ3v) is 4.48. The van der Waals surface area contributed by atoms with Crippen LogP contribution in [0.1, 0.15) is 5.56 Å². The molecule has 0 atom stereocenters. The van der Waals surface area contributed by atoms with Gasteiger partial charge < -0.3 is 0 Å². The van der Waals surface area contributed by atoms with E-state index in [1.54, 1.807) is 0 Å². The Labute approximate surface area is 143 Å². The SMILES string of the molecule is Cc1ccc(-n2c(-c3ccc(Br)cc3)nc3ccccc32)cc1. The van der Waals surface area contributed by atoms with E-state index in [1.165, 1.54) is 5.56 Å². The van der Waals surface area contributed by atoms with Crippen molar-refractivity contribution in [3.05, 3.63) is 82.8 Å². The highest BCUT2D eigenvalue weighted by Gasteiger charge is 2.13. The molecule has 0 unspecified atom stereocenters. The second-order valence-electron chi connectivity index (χ2n) is 5.60. The van der Waals surface area contributed by atoms with E-state index in [9.17, 15) is 0 Å². The van der Waals surface area contributed by atoms with Crippen molar-refractivity contribution in [2.45, 2.75) is 6.92 Å². The summed E-state index contributed by atoms with van der Waals surface area (Å²) >= 11 is 3.50. The first kappa shape index (κ1) is 14.2. The largest absolute Gasteiger partial charge is 0.292 e. The Bertz CT molecular complexity index is 967. The number of halogens is 1. The lowest BCUT2D eigenvalue weighted by Crippen LogP contribution is -1.97. The summed E-state index contributed by atoms with van der Waals surface area (Å²) in [5, 5.41) is 0. The summed E-state index contributed by atoms with van der Waals surface area (Å²) in [7, 11) is 0. The minimum Gasteiger partial charge on any atom is -0.292 e. The van der Waals surface area contributed by atoms with Crippen molar-refractivity contribution in [3.8, 4) is 17.1 Å². The van der Waals surface area contributed by atoms with Crippen LogP contribution < -0.4 is 0 Å². The molecular weight excluding hydrogens is 348 g/mol. The van der Waals surface area contributed by atoms with Crippen LogP contribution in [0, 0.1) is 6.92 Å². The number of benzene rings is 3. The quantitative estimate of drug-likeness (QED) is 0.443. The molecule has 3 heteroatoms. The van der Waals surface area contributed by atoms with Crippen LogP contribution in [-0.2, 0) is 0 Å². The Balaban J connectivity index is 2.01. The zero-order valence-corrected chi connectivity index (χ0v) is 14.3. The van der Waals surface area contributed by atoms with Crippen molar-refractivity contribution in [1.29, 1.82) is 0 Å². The molecule has 3 aromatic carbocycles. The van der Waals surface area contributed by atoms with Crippen LogP contribution in [0.2, 0.25) is 0 Å². The Kier molecular flexibility index (Phi) is 3.50. The van der Waals surface area contributed by atoms with Gasteiger partial charge in [-0.3, -0.25) is 4.57 Å². The molecule has 0 N–H and O–H groups in total. The lowest BCUT2D eigenvalue weighted by atomic mass is 10.2. The van der Waals surface area contributed by atoms with Gasteiger partial charge in [0.25, 0.3) is 0 Å². The molecule has 4 rings (SSSR count). The van der Waals surface area contributed by atoms with Gasteiger partial charge in [-0.2, -0.15) is 0 Å². The van der Waals surface area contributed by atoms with E-state index in [-0.39, 0.29) is 0 Å². The molecule has 2 nitrogen and oxygen atoms in total. The van der Waals surface area contributed by atoms with Crippen LogP contribution in [0.15, 0.2) is 77.3 Å². The molecule has 1 aromatic heterocycles. The number of para-hydroxylation sites is 2. The van der Waals surface area contributed by atoms with E-state index in [0.29, 0.717) is 0 Å². The standard InChI is InChI=1S/C20H15BrN2/c1-14-6-12-17(13-7-14)23-19-5-3-2-4-18(19)22-20(23)15-8-10-16(21)11-9-15/h2-13H,1H3. The number of rotatable bonds is 2. The summed E-state index contributed by atoms with van der Waals surface area (Å²) in [6, 6.07) is 25.1. The summed E-state index contributed by atoms with van der Waals surface area (Å²) in [4.78, 5) is 4.86. The topological polar surface area (TPSA) is 17.8 Å². The molecule has 4 aromatic rings. The molecule has 0 radical (unpaired) electrons. The summed E-state index contributed by atoms with van der Waals surface area (Å²) in [5.41, 5.74) is 5.61. The average Bonchev–Trinajstić information content (AvgIpc) is 2.96. The van der Waals surface area contributed by atoms with Gasteiger partial charge in [0.2, 0.25) is 0 Å². The maximum Gasteiger partial charge on any atom is 0.145 e. The van der Waals surface area contributed by atoms with Gasteiger partial charge in [0, 0.05) is 15.7 Å². The molecule has 0 aliphatic rings. The fourth-order valence-electron chi connectivity index (χ4n) is 2.77. The summed E-state index contributed by atoms with van der Waals surface area (Å²) in [6.07, 6.45) is 0. The van der Waals surface area contributed by atoms with Gasteiger partial charge in [-0.25, -0.2) is 4.98 Å². The number of imidazole rings is 1. The molecular formula is C20H15BrN2. The molecule has 112 valence electrons. The smallest absolute Gasteiger partial charge is 0.145 e. The zero-order valence-electron chi connectivity index (χ0n) is 12.7. The van der Waals surface area contributed by atoms with Gasteiger partial charge in [-0.1, -0.05) is 57.9 Å². The van der Waals surface area contributed by atoms with E-state index in [1.807, 2.05) is 18.2 Å². The molecule has 0 bridgehead atoms. The molecule has 0 aliphatic carbocycles. The van der Waals surface area contributed by atoms with Crippen LogP contribution in [-0.4, -0.2) is 9.55 Å². The third-order valence-electron chi connectivity index (χ3n) is 3.96. The van der Waals surface area contributed by atoms with Crippen LogP contribution in [0.4, 0.5) is 0 Å². The van der Waals surface area contributed by atoms with E-state index < -0.39 is 0 Å². The number of aromatic nitrogens is 2. The number of nitrogens with zero attached hydrogens (tertiary/aromatic N) is 2. The predicted octanol–water partition coefficient (Wildman–Crippen LogP) is 5.76. The Morgan fingerprint density at radius 3 is 2.26 bits per heavy atom. The second-order valence-corrected chi connectivity index (χ2v) is 6.52. The van der Waals surface area contributed by atoms with Crippen molar-refractivity contribution >= 4 is 27.0 Å².